The quantitative estimate of drug-likeness (QED) is 0.895. The lowest BCUT2D eigenvalue weighted by atomic mass is 10.2. The number of rotatable bonds is 5. The minimum absolute atomic E-state index is 0.490. The summed E-state index contributed by atoms with van der Waals surface area (Å²) in [6, 6.07) is 5.31. The number of hydrogen-bond acceptors (Lipinski definition) is 4. The Hall–Kier alpha value is -1.52. The fourth-order valence-electron chi connectivity index (χ4n) is 1.68. The fraction of sp³-hybridized carbons (Fsp3) is 0.286. The number of nitrogens with one attached hydrogen (secondary N) is 1. The van der Waals surface area contributed by atoms with Crippen molar-refractivity contribution in [3.63, 3.8) is 0 Å². The van der Waals surface area contributed by atoms with Gasteiger partial charge in [0.2, 0.25) is 5.88 Å². The summed E-state index contributed by atoms with van der Waals surface area (Å²) < 4.78 is 5.03. The summed E-state index contributed by atoms with van der Waals surface area (Å²) in [5.41, 5.74) is 1.46. The molecule has 0 amide bonds. The Morgan fingerprint density at radius 3 is 2.65 bits per heavy atom. The van der Waals surface area contributed by atoms with Crippen molar-refractivity contribution < 1.29 is 4.74 Å². The summed E-state index contributed by atoms with van der Waals surface area (Å²) in [5, 5.41) is 4.17. The van der Waals surface area contributed by atoms with E-state index < -0.39 is 0 Å². The molecule has 0 unspecified atom stereocenters. The van der Waals surface area contributed by atoms with Crippen LogP contribution in [0.25, 0.3) is 11.3 Å². The monoisotopic (exact) mass is 311 g/mol. The van der Waals surface area contributed by atoms with Crippen molar-refractivity contribution in [2.75, 3.05) is 19.0 Å². The van der Waals surface area contributed by atoms with Gasteiger partial charge in [-0.1, -0.05) is 30.1 Å². The van der Waals surface area contributed by atoms with E-state index in [4.69, 9.17) is 27.9 Å². The third-order valence-corrected chi connectivity index (χ3v) is 3.27. The van der Waals surface area contributed by atoms with Crippen LogP contribution in [-0.2, 0) is 0 Å². The van der Waals surface area contributed by atoms with Gasteiger partial charge in [-0.15, -0.1) is 0 Å². The summed E-state index contributed by atoms with van der Waals surface area (Å²) in [4.78, 5) is 8.63. The molecule has 6 heteroatoms. The van der Waals surface area contributed by atoms with E-state index in [1.165, 1.54) is 0 Å². The highest BCUT2D eigenvalue weighted by Crippen LogP contribution is 2.32. The topological polar surface area (TPSA) is 47.0 Å². The van der Waals surface area contributed by atoms with Gasteiger partial charge in [0.15, 0.2) is 0 Å². The van der Waals surface area contributed by atoms with Gasteiger partial charge in [0.1, 0.15) is 5.82 Å². The SMILES string of the molecule is CCCNc1nc(-c2ccc(OC)nc2)c(Cl)cc1Cl. The van der Waals surface area contributed by atoms with Crippen LogP contribution in [0.15, 0.2) is 24.4 Å². The van der Waals surface area contributed by atoms with E-state index in [-0.39, 0.29) is 0 Å². The molecule has 2 aromatic rings. The Morgan fingerprint density at radius 2 is 2.05 bits per heavy atom. The maximum atomic E-state index is 6.21. The lowest BCUT2D eigenvalue weighted by Crippen LogP contribution is -2.03. The van der Waals surface area contributed by atoms with Gasteiger partial charge in [0.05, 0.1) is 22.8 Å². The molecule has 0 aromatic carbocycles. The first-order valence-corrected chi connectivity index (χ1v) is 7.01. The number of aromatic nitrogens is 2. The number of hydrogen-bond donors (Lipinski definition) is 1. The summed E-state index contributed by atoms with van der Waals surface area (Å²) in [6.45, 7) is 2.87. The Morgan fingerprint density at radius 1 is 1.25 bits per heavy atom. The Balaban J connectivity index is 2.38. The fourth-order valence-corrected chi connectivity index (χ4v) is 2.21. The molecule has 0 fully saturated rings. The molecule has 0 aliphatic carbocycles. The average Bonchev–Trinajstić information content (AvgIpc) is 2.47. The molecule has 0 radical (unpaired) electrons. The first-order chi connectivity index (χ1) is 9.65. The van der Waals surface area contributed by atoms with Gasteiger partial charge in [-0.2, -0.15) is 0 Å². The lowest BCUT2D eigenvalue weighted by Gasteiger charge is -2.10. The van der Waals surface area contributed by atoms with Crippen LogP contribution < -0.4 is 10.1 Å². The van der Waals surface area contributed by atoms with E-state index in [2.05, 4.69) is 22.2 Å². The van der Waals surface area contributed by atoms with Gasteiger partial charge in [0.25, 0.3) is 0 Å². The number of anilines is 1. The molecule has 0 spiro atoms. The normalized spacial score (nSPS) is 10.4. The minimum atomic E-state index is 0.490. The van der Waals surface area contributed by atoms with Crippen LogP contribution in [0.2, 0.25) is 10.0 Å². The summed E-state index contributed by atoms with van der Waals surface area (Å²) >= 11 is 12.3. The molecule has 20 heavy (non-hydrogen) atoms. The van der Waals surface area contributed by atoms with E-state index >= 15 is 0 Å². The number of ether oxygens (including phenoxy) is 1. The van der Waals surface area contributed by atoms with E-state index in [0.717, 1.165) is 18.5 Å². The van der Waals surface area contributed by atoms with Crippen LogP contribution in [0.1, 0.15) is 13.3 Å². The smallest absolute Gasteiger partial charge is 0.212 e. The third kappa shape index (κ3) is 3.32. The maximum absolute atomic E-state index is 6.21. The molecule has 0 bridgehead atoms. The van der Waals surface area contributed by atoms with Crippen molar-refractivity contribution in [2.24, 2.45) is 0 Å². The van der Waals surface area contributed by atoms with Crippen LogP contribution >= 0.6 is 23.2 Å². The Kier molecular flexibility index (Phi) is 5.04. The van der Waals surface area contributed by atoms with Crippen molar-refractivity contribution in [1.29, 1.82) is 0 Å². The van der Waals surface area contributed by atoms with E-state index in [0.29, 0.717) is 27.4 Å². The van der Waals surface area contributed by atoms with E-state index in [9.17, 15) is 0 Å². The molecule has 0 atom stereocenters. The molecule has 0 saturated carbocycles. The van der Waals surface area contributed by atoms with Crippen molar-refractivity contribution in [3.05, 3.63) is 34.4 Å². The highest BCUT2D eigenvalue weighted by Gasteiger charge is 2.11. The molecular formula is C14H15Cl2N3O. The zero-order valence-electron chi connectivity index (χ0n) is 11.3. The molecule has 0 aliphatic rings. The van der Waals surface area contributed by atoms with Crippen molar-refractivity contribution in [2.45, 2.75) is 13.3 Å². The highest BCUT2D eigenvalue weighted by molar-refractivity contribution is 6.37. The predicted octanol–water partition coefficient (Wildman–Crippen LogP) is 4.28. The average molecular weight is 312 g/mol. The van der Waals surface area contributed by atoms with Crippen LogP contribution in [0.5, 0.6) is 5.88 Å². The second-order valence-electron chi connectivity index (χ2n) is 4.17. The second kappa shape index (κ2) is 6.77. The molecule has 0 saturated heterocycles. The highest BCUT2D eigenvalue weighted by atomic mass is 35.5. The van der Waals surface area contributed by atoms with E-state index in [1.807, 2.05) is 6.07 Å². The van der Waals surface area contributed by atoms with Crippen molar-refractivity contribution in [1.82, 2.24) is 9.97 Å². The van der Waals surface area contributed by atoms with Crippen LogP contribution in [0, 0.1) is 0 Å². The minimum Gasteiger partial charge on any atom is -0.481 e. The first-order valence-electron chi connectivity index (χ1n) is 6.26. The van der Waals surface area contributed by atoms with Gasteiger partial charge in [-0.05, 0) is 18.6 Å². The summed E-state index contributed by atoms with van der Waals surface area (Å²) in [6.07, 6.45) is 2.66. The Bertz CT molecular complexity index is 588. The first kappa shape index (κ1) is 14.9. The second-order valence-corrected chi connectivity index (χ2v) is 4.98. The molecule has 2 heterocycles. The van der Waals surface area contributed by atoms with Crippen molar-refractivity contribution in [3.8, 4) is 17.1 Å². The van der Waals surface area contributed by atoms with Gasteiger partial charge < -0.3 is 10.1 Å². The summed E-state index contributed by atoms with van der Waals surface area (Å²) in [5.74, 6) is 1.17. The van der Waals surface area contributed by atoms with Gasteiger partial charge in [-0.25, -0.2) is 9.97 Å². The number of nitrogens with zero attached hydrogens (tertiary/aromatic N) is 2. The largest absolute Gasteiger partial charge is 0.481 e. The number of methoxy groups -OCH3 is 1. The zero-order chi connectivity index (χ0) is 14.5. The standard InChI is InChI=1S/C14H15Cl2N3O/c1-3-6-17-14-11(16)7-10(15)13(19-14)9-4-5-12(20-2)18-8-9/h4-5,7-8H,3,6H2,1-2H3,(H,17,19). The number of halogens is 2. The van der Waals surface area contributed by atoms with Crippen LogP contribution in [-0.4, -0.2) is 23.6 Å². The lowest BCUT2D eigenvalue weighted by molar-refractivity contribution is 0.398. The maximum Gasteiger partial charge on any atom is 0.212 e. The molecular weight excluding hydrogens is 297 g/mol. The molecule has 2 rings (SSSR count). The number of pyridine rings is 2. The Labute approximate surface area is 128 Å². The molecule has 106 valence electrons. The van der Waals surface area contributed by atoms with E-state index in [1.54, 1.807) is 25.4 Å². The molecule has 1 N–H and O–H groups in total. The molecule has 0 aliphatic heterocycles. The van der Waals surface area contributed by atoms with Gasteiger partial charge in [0, 0.05) is 24.4 Å². The zero-order valence-corrected chi connectivity index (χ0v) is 12.8. The molecule has 4 nitrogen and oxygen atoms in total. The van der Waals surface area contributed by atoms with Gasteiger partial charge >= 0.3 is 0 Å². The molecule has 2 aromatic heterocycles. The summed E-state index contributed by atoms with van der Waals surface area (Å²) in [7, 11) is 1.57. The van der Waals surface area contributed by atoms with Crippen molar-refractivity contribution >= 4 is 29.0 Å². The van der Waals surface area contributed by atoms with Gasteiger partial charge in [-0.3, -0.25) is 0 Å². The van der Waals surface area contributed by atoms with Crippen LogP contribution in [0.3, 0.4) is 0 Å². The third-order valence-electron chi connectivity index (χ3n) is 2.69. The van der Waals surface area contributed by atoms with Crippen LogP contribution in [0.4, 0.5) is 5.82 Å². The predicted molar refractivity (Wildman–Crippen MR) is 82.8 cm³/mol.